The monoisotopic (exact) mass is 184 g/mol. The number of unbranched alkanes of at least 4 members (excludes halogenated alkanes) is 3. The second-order valence-electron chi connectivity index (χ2n) is 2.85. The van der Waals surface area contributed by atoms with E-state index in [-0.39, 0.29) is 5.50 Å². The van der Waals surface area contributed by atoms with Crippen LogP contribution in [0.25, 0.3) is 0 Å². The lowest BCUT2D eigenvalue weighted by atomic mass is 10.2. The molecule has 0 N–H and O–H groups in total. The molecule has 12 heavy (non-hydrogen) atoms. The van der Waals surface area contributed by atoms with Crippen LogP contribution in [0, 0.1) is 0 Å². The smallest absolute Gasteiger partial charge is 0.186 e. The van der Waals surface area contributed by atoms with Crippen molar-refractivity contribution in [2.45, 2.75) is 38.1 Å². The zero-order chi connectivity index (χ0) is 8.65. The summed E-state index contributed by atoms with van der Waals surface area (Å²) >= 11 is 1.84. The molecule has 0 aromatic rings. The third-order valence-corrected chi connectivity index (χ3v) is 2.82. The SMILES string of the molecule is CCCCCCSC1N=CC=N1. The Morgan fingerprint density at radius 1 is 1.17 bits per heavy atom. The molecule has 0 saturated carbocycles. The summed E-state index contributed by atoms with van der Waals surface area (Å²) in [5.41, 5.74) is 0.173. The molecule has 0 bridgehead atoms. The number of aliphatic imine (C=N–C) groups is 2. The molecule has 68 valence electrons. The molecule has 3 heteroatoms. The van der Waals surface area contributed by atoms with E-state index >= 15 is 0 Å². The number of nitrogens with zero attached hydrogens (tertiary/aromatic N) is 2. The molecule has 0 unspecified atom stereocenters. The Kier molecular flexibility index (Phi) is 5.08. The molecule has 1 aliphatic heterocycles. The Morgan fingerprint density at radius 2 is 1.92 bits per heavy atom. The minimum Gasteiger partial charge on any atom is -0.255 e. The van der Waals surface area contributed by atoms with Gasteiger partial charge in [-0.05, 0) is 12.2 Å². The summed E-state index contributed by atoms with van der Waals surface area (Å²) in [6.45, 7) is 2.23. The maximum atomic E-state index is 4.17. The summed E-state index contributed by atoms with van der Waals surface area (Å²) < 4.78 is 0. The zero-order valence-electron chi connectivity index (χ0n) is 7.57. The quantitative estimate of drug-likeness (QED) is 0.582. The molecule has 0 fully saturated rings. The second-order valence-corrected chi connectivity index (χ2v) is 4.02. The highest BCUT2D eigenvalue weighted by Gasteiger charge is 2.04. The summed E-state index contributed by atoms with van der Waals surface area (Å²) in [4.78, 5) is 8.34. The predicted molar refractivity (Wildman–Crippen MR) is 57.4 cm³/mol. The molecular formula is C9H16N2S. The minimum atomic E-state index is 0.173. The van der Waals surface area contributed by atoms with Gasteiger partial charge < -0.3 is 0 Å². The topological polar surface area (TPSA) is 24.7 Å². The Bertz CT molecular complexity index is 154. The third-order valence-electron chi connectivity index (χ3n) is 1.76. The van der Waals surface area contributed by atoms with Crippen molar-refractivity contribution < 1.29 is 0 Å². The Hall–Kier alpha value is -0.310. The number of thioether (sulfide) groups is 1. The van der Waals surface area contributed by atoms with Crippen molar-refractivity contribution in [3.05, 3.63) is 0 Å². The molecule has 0 atom stereocenters. The molecule has 1 heterocycles. The van der Waals surface area contributed by atoms with Crippen LogP contribution in [0.2, 0.25) is 0 Å². The summed E-state index contributed by atoms with van der Waals surface area (Å²) in [7, 11) is 0. The highest BCUT2D eigenvalue weighted by Crippen LogP contribution is 2.17. The largest absolute Gasteiger partial charge is 0.255 e. The highest BCUT2D eigenvalue weighted by molar-refractivity contribution is 7.99. The zero-order valence-corrected chi connectivity index (χ0v) is 8.39. The molecule has 0 aromatic carbocycles. The molecule has 0 aliphatic carbocycles. The second kappa shape index (κ2) is 6.23. The lowest BCUT2D eigenvalue weighted by molar-refractivity contribution is 0.706. The van der Waals surface area contributed by atoms with Crippen molar-refractivity contribution in [1.29, 1.82) is 0 Å². The van der Waals surface area contributed by atoms with E-state index in [2.05, 4.69) is 16.9 Å². The summed E-state index contributed by atoms with van der Waals surface area (Å²) in [6, 6.07) is 0. The van der Waals surface area contributed by atoms with Crippen molar-refractivity contribution in [1.82, 2.24) is 0 Å². The van der Waals surface area contributed by atoms with E-state index in [4.69, 9.17) is 0 Å². The van der Waals surface area contributed by atoms with Gasteiger partial charge in [0.2, 0.25) is 0 Å². The minimum absolute atomic E-state index is 0.173. The molecule has 0 radical (unpaired) electrons. The van der Waals surface area contributed by atoms with Gasteiger partial charge in [-0.15, -0.1) is 11.8 Å². The number of rotatable bonds is 6. The maximum absolute atomic E-state index is 4.17. The van der Waals surface area contributed by atoms with Gasteiger partial charge in [-0.1, -0.05) is 26.2 Å². The molecule has 1 aliphatic rings. The first-order valence-electron chi connectivity index (χ1n) is 4.60. The van der Waals surface area contributed by atoms with Gasteiger partial charge in [-0.3, -0.25) is 9.98 Å². The average Bonchev–Trinajstić information content (AvgIpc) is 2.57. The molecular weight excluding hydrogens is 168 g/mol. The van der Waals surface area contributed by atoms with Crippen LogP contribution in [0.4, 0.5) is 0 Å². The van der Waals surface area contributed by atoms with Crippen molar-refractivity contribution in [3.8, 4) is 0 Å². The van der Waals surface area contributed by atoms with E-state index in [1.54, 1.807) is 12.4 Å². The summed E-state index contributed by atoms with van der Waals surface area (Å²) in [5, 5.41) is 0. The number of hydrogen-bond acceptors (Lipinski definition) is 3. The van der Waals surface area contributed by atoms with Crippen LogP contribution >= 0.6 is 11.8 Å². The average molecular weight is 184 g/mol. The third kappa shape index (κ3) is 3.90. The van der Waals surface area contributed by atoms with Gasteiger partial charge in [-0.2, -0.15) is 0 Å². The van der Waals surface area contributed by atoms with Crippen molar-refractivity contribution in [3.63, 3.8) is 0 Å². The van der Waals surface area contributed by atoms with E-state index in [1.807, 2.05) is 11.8 Å². The first-order chi connectivity index (χ1) is 5.93. The Labute approximate surface area is 78.6 Å². The molecule has 0 aromatic heterocycles. The van der Waals surface area contributed by atoms with Crippen LogP contribution < -0.4 is 0 Å². The predicted octanol–water partition coefficient (Wildman–Crippen LogP) is 2.74. The van der Waals surface area contributed by atoms with Gasteiger partial charge in [0, 0.05) is 12.4 Å². The molecule has 0 saturated heterocycles. The standard InChI is InChI=1S/C9H16N2S/c1-2-3-4-5-8-12-9-10-6-7-11-9/h6-7,9H,2-5,8H2,1H3. The molecule has 1 rings (SSSR count). The van der Waals surface area contributed by atoms with Gasteiger partial charge in [-0.25, -0.2) is 0 Å². The summed E-state index contributed by atoms with van der Waals surface area (Å²) in [5.74, 6) is 1.19. The maximum Gasteiger partial charge on any atom is 0.186 e. The first kappa shape index (κ1) is 9.78. The van der Waals surface area contributed by atoms with E-state index in [1.165, 1.54) is 31.4 Å². The van der Waals surface area contributed by atoms with E-state index in [0.29, 0.717) is 0 Å². The molecule has 0 spiro atoms. The molecule has 2 nitrogen and oxygen atoms in total. The molecule has 0 amide bonds. The normalized spacial score (nSPS) is 16.1. The fourth-order valence-corrected chi connectivity index (χ4v) is 1.96. The summed E-state index contributed by atoms with van der Waals surface area (Å²) in [6.07, 6.45) is 8.89. The van der Waals surface area contributed by atoms with Crippen LogP contribution in [0.15, 0.2) is 9.98 Å². The van der Waals surface area contributed by atoms with E-state index in [9.17, 15) is 0 Å². The number of hydrogen-bond donors (Lipinski definition) is 0. The Balaban J connectivity index is 1.89. The Morgan fingerprint density at radius 3 is 2.58 bits per heavy atom. The lowest BCUT2D eigenvalue weighted by Gasteiger charge is -2.02. The first-order valence-corrected chi connectivity index (χ1v) is 5.65. The fraction of sp³-hybridized carbons (Fsp3) is 0.778. The van der Waals surface area contributed by atoms with Gasteiger partial charge in [0.25, 0.3) is 0 Å². The van der Waals surface area contributed by atoms with Gasteiger partial charge >= 0.3 is 0 Å². The van der Waals surface area contributed by atoms with Gasteiger partial charge in [0.05, 0.1) is 0 Å². The highest BCUT2D eigenvalue weighted by atomic mass is 32.2. The van der Waals surface area contributed by atoms with Crippen molar-refractivity contribution in [2.24, 2.45) is 9.98 Å². The van der Waals surface area contributed by atoms with Gasteiger partial charge in [0.15, 0.2) is 5.50 Å². The van der Waals surface area contributed by atoms with Crippen molar-refractivity contribution >= 4 is 24.2 Å². The van der Waals surface area contributed by atoms with Crippen LogP contribution in [-0.4, -0.2) is 23.7 Å². The lowest BCUT2D eigenvalue weighted by Crippen LogP contribution is -1.91. The fourth-order valence-electron chi connectivity index (χ4n) is 1.07. The van der Waals surface area contributed by atoms with E-state index < -0.39 is 0 Å². The van der Waals surface area contributed by atoms with Crippen LogP contribution in [-0.2, 0) is 0 Å². The van der Waals surface area contributed by atoms with Crippen molar-refractivity contribution in [2.75, 3.05) is 5.75 Å². The van der Waals surface area contributed by atoms with E-state index in [0.717, 1.165) is 0 Å². The van der Waals surface area contributed by atoms with Gasteiger partial charge in [0.1, 0.15) is 0 Å². The van der Waals surface area contributed by atoms with Crippen LogP contribution in [0.3, 0.4) is 0 Å². The van der Waals surface area contributed by atoms with Crippen LogP contribution in [0.5, 0.6) is 0 Å². The van der Waals surface area contributed by atoms with Crippen LogP contribution in [0.1, 0.15) is 32.6 Å².